The Morgan fingerprint density at radius 1 is 1.31 bits per heavy atom. The molecule has 0 aromatic heterocycles. The molecule has 2 nitrogen and oxygen atoms in total. The Balaban J connectivity index is 1.71. The lowest BCUT2D eigenvalue weighted by molar-refractivity contribution is 0.196. The van der Waals surface area contributed by atoms with Gasteiger partial charge in [-0.15, -0.1) is 0 Å². The van der Waals surface area contributed by atoms with E-state index in [1.807, 2.05) is 0 Å². The number of piperidine rings is 1. The highest BCUT2D eigenvalue weighted by Gasteiger charge is 2.25. The molecule has 2 saturated heterocycles. The van der Waals surface area contributed by atoms with Crippen molar-refractivity contribution >= 4 is 11.8 Å². The fraction of sp³-hybridized carbons (Fsp3) is 1.00. The highest BCUT2D eigenvalue weighted by molar-refractivity contribution is 8.00. The Morgan fingerprint density at radius 3 is 2.94 bits per heavy atom. The molecule has 0 aromatic carbocycles. The van der Waals surface area contributed by atoms with Crippen molar-refractivity contribution in [3.8, 4) is 0 Å². The number of hydrogen-bond donors (Lipinski definition) is 1. The molecule has 16 heavy (non-hydrogen) atoms. The van der Waals surface area contributed by atoms with Gasteiger partial charge < -0.3 is 5.32 Å². The molecule has 0 spiro atoms. The normalized spacial score (nSPS) is 37.5. The van der Waals surface area contributed by atoms with Crippen LogP contribution in [0.1, 0.15) is 39.5 Å². The molecule has 2 rings (SSSR count). The molecule has 0 bridgehead atoms. The van der Waals surface area contributed by atoms with E-state index in [9.17, 15) is 0 Å². The average Bonchev–Trinajstić information content (AvgIpc) is 2.32. The lowest BCUT2D eigenvalue weighted by Crippen LogP contribution is -2.46. The van der Waals surface area contributed by atoms with Gasteiger partial charge >= 0.3 is 0 Å². The van der Waals surface area contributed by atoms with Gasteiger partial charge in [0.15, 0.2) is 0 Å². The van der Waals surface area contributed by atoms with Crippen LogP contribution in [-0.4, -0.2) is 47.6 Å². The molecule has 2 aliphatic heterocycles. The van der Waals surface area contributed by atoms with Gasteiger partial charge in [0.05, 0.1) is 0 Å². The summed E-state index contributed by atoms with van der Waals surface area (Å²) in [7, 11) is 0. The van der Waals surface area contributed by atoms with E-state index in [1.54, 1.807) is 0 Å². The van der Waals surface area contributed by atoms with E-state index in [4.69, 9.17) is 0 Å². The second-order valence-corrected chi connectivity index (χ2v) is 6.77. The topological polar surface area (TPSA) is 15.3 Å². The Kier molecular flexibility index (Phi) is 4.98. The summed E-state index contributed by atoms with van der Waals surface area (Å²) in [6, 6.07) is 1.56. The zero-order chi connectivity index (χ0) is 11.4. The number of nitrogens with zero attached hydrogens (tertiary/aromatic N) is 1. The summed E-state index contributed by atoms with van der Waals surface area (Å²) in [5, 5.41) is 4.47. The second-order valence-electron chi connectivity index (χ2n) is 5.29. The number of thioether (sulfide) groups is 1. The predicted molar refractivity (Wildman–Crippen MR) is 73.2 cm³/mol. The second kappa shape index (κ2) is 6.27. The third kappa shape index (κ3) is 3.38. The minimum Gasteiger partial charge on any atom is -0.314 e. The summed E-state index contributed by atoms with van der Waals surface area (Å²) in [5.41, 5.74) is 0. The molecule has 3 unspecified atom stereocenters. The Bertz CT molecular complexity index is 204. The molecule has 2 aliphatic rings. The van der Waals surface area contributed by atoms with Gasteiger partial charge in [-0.05, 0) is 39.3 Å². The van der Waals surface area contributed by atoms with Gasteiger partial charge in [0.2, 0.25) is 0 Å². The molecule has 0 amide bonds. The van der Waals surface area contributed by atoms with Crippen LogP contribution in [0.5, 0.6) is 0 Å². The van der Waals surface area contributed by atoms with Crippen LogP contribution in [0, 0.1) is 0 Å². The van der Waals surface area contributed by atoms with Crippen LogP contribution < -0.4 is 5.32 Å². The molecular weight excluding hydrogens is 216 g/mol. The van der Waals surface area contributed by atoms with E-state index in [-0.39, 0.29) is 0 Å². The summed E-state index contributed by atoms with van der Waals surface area (Å²) >= 11 is 2.13. The fourth-order valence-electron chi connectivity index (χ4n) is 2.80. The van der Waals surface area contributed by atoms with E-state index in [1.165, 1.54) is 51.1 Å². The highest BCUT2D eigenvalue weighted by Crippen LogP contribution is 2.24. The molecular formula is C13H26N2S. The van der Waals surface area contributed by atoms with Crippen LogP contribution in [0.4, 0.5) is 0 Å². The van der Waals surface area contributed by atoms with Crippen LogP contribution in [-0.2, 0) is 0 Å². The van der Waals surface area contributed by atoms with Crippen molar-refractivity contribution in [1.82, 2.24) is 10.2 Å². The molecule has 0 aromatic rings. The molecule has 3 atom stereocenters. The van der Waals surface area contributed by atoms with Crippen LogP contribution in [0.3, 0.4) is 0 Å². The molecule has 0 radical (unpaired) electrons. The first kappa shape index (κ1) is 12.7. The largest absolute Gasteiger partial charge is 0.314 e. The fourth-order valence-corrected chi connectivity index (χ4v) is 3.97. The van der Waals surface area contributed by atoms with Gasteiger partial charge in [0.25, 0.3) is 0 Å². The SMILES string of the molecule is CC1SCCN(CCC2CCCCN2)C1C. The first-order valence-electron chi connectivity index (χ1n) is 6.86. The summed E-state index contributed by atoms with van der Waals surface area (Å²) in [4.78, 5) is 2.69. The maximum Gasteiger partial charge on any atom is 0.0184 e. The minimum absolute atomic E-state index is 0.766. The Hall–Kier alpha value is 0.270. The van der Waals surface area contributed by atoms with Crippen LogP contribution >= 0.6 is 11.8 Å². The zero-order valence-electron chi connectivity index (χ0n) is 10.7. The van der Waals surface area contributed by atoms with Gasteiger partial charge in [-0.1, -0.05) is 13.3 Å². The maximum atomic E-state index is 3.65. The molecule has 94 valence electrons. The predicted octanol–water partition coefficient (Wildman–Crippen LogP) is 2.34. The zero-order valence-corrected chi connectivity index (χ0v) is 11.6. The summed E-state index contributed by atoms with van der Waals surface area (Å²) in [5.74, 6) is 1.32. The first-order chi connectivity index (χ1) is 7.77. The smallest absolute Gasteiger partial charge is 0.0184 e. The van der Waals surface area contributed by atoms with Crippen molar-refractivity contribution in [3.05, 3.63) is 0 Å². The molecule has 2 heterocycles. The van der Waals surface area contributed by atoms with E-state index in [2.05, 4.69) is 35.8 Å². The number of hydrogen-bond acceptors (Lipinski definition) is 3. The van der Waals surface area contributed by atoms with E-state index < -0.39 is 0 Å². The molecule has 1 N–H and O–H groups in total. The van der Waals surface area contributed by atoms with Crippen molar-refractivity contribution in [3.63, 3.8) is 0 Å². The van der Waals surface area contributed by atoms with Crippen LogP contribution in [0.25, 0.3) is 0 Å². The summed E-state index contributed by atoms with van der Waals surface area (Å²) < 4.78 is 0. The van der Waals surface area contributed by atoms with Crippen molar-refractivity contribution in [2.24, 2.45) is 0 Å². The molecule has 2 fully saturated rings. The third-order valence-corrected chi connectivity index (χ3v) is 5.53. The van der Waals surface area contributed by atoms with E-state index in [0.29, 0.717) is 0 Å². The Morgan fingerprint density at radius 2 is 2.19 bits per heavy atom. The number of rotatable bonds is 3. The van der Waals surface area contributed by atoms with Gasteiger partial charge in [0, 0.05) is 29.6 Å². The van der Waals surface area contributed by atoms with Crippen molar-refractivity contribution in [1.29, 1.82) is 0 Å². The van der Waals surface area contributed by atoms with Crippen LogP contribution in [0.15, 0.2) is 0 Å². The highest BCUT2D eigenvalue weighted by atomic mass is 32.2. The van der Waals surface area contributed by atoms with Gasteiger partial charge in [-0.25, -0.2) is 0 Å². The standard InChI is InChI=1S/C13H26N2S/c1-11-12(2)16-10-9-15(11)8-6-13-5-3-4-7-14-13/h11-14H,3-10H2,1-2H3. The van der Waals surface area contributed by atoms with E-state index >= 15 is 0 Å². The molecule has 3 heteroatoms. The minimum atomic E-state index is 0.766. The maximum absolute atomic E-state index is 3.65. The number of nitrogens with one attached hydrogen (secondary N) is 1. The van der Waals surface area contributed by atoms with Gasteiger partial charge in [0.1, 0.15) is 0 Å². The lowest BCUT2D eigenvalue weighted by atomic mass is 10.0. The van der Waals surface area contributed by atoms with Gasteiger partial charge in [-0.2, -0.15) is 11.8 Å². The van der Waals surface area contributed by atoms with Crippen molar-refractivity contribution in [2.75, 3.05) is 25.4 Å². The lowest BCUT2D eigenvalue weighted by Gasteiger charge is -2.38. The molecule has 0 aliphatic carbocycles. The van der Waals surface area contributed by atoms with Crippen molar-refractivity contribution < 1.29 is 0 Å². The summed E-state index contributed by atoms with van der Waals surface area (Å²) in [6.07, 6.45) is 5.55. The van der Waals surface area contributed by atoms with Crippen molar-refractivity contribution in [2.45, 2.75) is 56.9 Å². The first-order valence-corrected chi connectivity index (χ1v) is 7.91. The quantitative estimate of drug-likeness (QED) is 0.818. The average molecular weight is 242 g/mol. The Labute approximate surface area is 105 Å². The van der Waals surface area contributed by atoms with Gasteiger partial charge in [-0.3, -0.25) is 4.90 Å². The monoisotopic (exact) mass is 242 g/mol. The summed E-state index contributed by atoms with van der Waals surface area (Å²) in [6.45, 7) is 8.60. The third-order valence-electron chi connectivity index (χ3n) is 4.19. The van der Waals surface area contributed by atoms with E-state index in [0.717, 1.165) is 17.3 Å². The van der Waals surface area contributed by atoms with Crippen LogP contribution in [0.2, 0.25) is 0 Å². The molecule has 0 saturated carbocycles.